The van der Waals surface area contributed by atoms with Crippen LogP contribution in [0.15, 0.2) is 24.3 Å². The van der Waals surface area contributed by atoms with Crippen LogP contribution in [0.2, 0.25) is 0 Å². The van der Waals surface area contributed by atoms with Gasteiger partial charge in [0.25, 0.3) is 0 Å². The van der Waals surface area contributed by atoms with Crippen LogP contribution < -0.4 is 0 Å². The van der Waals surface area contributed by atoms with Gasteiger partial charge in [0.05, 0.1) is 23.0 Å². The summed E-state index contributed by atoms with van der Waals surface area (Å²) in [4.78, 5) is 4.57. The molecular weight excluding hydrogens is 236 g/mol. The number of rotatable bonds is 5. The van der Waals surface area contributed by atoms with Crippen LogP contribution in [0.1, 0.15) is 25.0 Å². The highest BCUT2D eigenvalue weighted by molar-refractivity contribution is 6.20. The molecule has 0 bridgehead atoms. The molecule has 0 aliphatic heterocycles. The van der Waals surface area contributed by atoms with Crippen LogP contribution in [0.3, 0.4) is 0 Å². The maximum absolute atomic E-state index is 6.17. The van der Waals surface area contributed by atoms with E-state index >= 15 is 0 Å². The molecule has 1 unspecified atom stereocenters. The Bertz CT molecular complexity index is 493. The molecule has 0 saturated heterocycles. The summed E-state index contributed by atoms with van der Waals surface area (Å²) in [6.07, 6.45) is 0. The SMILES string of the molecule is CCOCCn1c(C(C)Cl)nc2ccccc21. The molecule has 0 saturated carbocycles. The standard InChI is InChI=1S/C13H17ClN2O/c1-3-17-9-8-16-12-7-5-4-6-11(12)15-13(16)10(2)14/h4-7,10H,3,8-9H2,1-2H3. The fourth-order valence-electron chi connectivity index (χ4n) is 1.93. The third kappa shape index (κ3) is 2.61. The molecule has 2 rings (SSSR count). The molecule has 0 spiro atoms. The molecule has 1 atom stereocenters. The van der Waals surface area contributed by atoms with Gasteiger partial charge >= 0.3 is 0 Å². The maximum Gasteiger partial charge on any atom is 0.127 e. The average molecular weight is 253 g/mol. The van der Waals surface area contributed by atoms with Gasteiger partial charge in [-0.1, -0.05) is 12.1 Å². The van der Waals surface area contributed by atoms with Gasteiger partial charge in [-0.25, -0.2) is 4.98 Å². The smallest absolute Gasteiger partial charge is 0.127 e. The highest BCUT2D eigenvalue weighted by Gasteiger charge is 2.13. The Morgan fingerprint density at radius 3 is 2.88 bits per heavy atom. The minimum atomic E-state index is -0.0935. The lowest BCUT2D eigenvalue weighted by atomic mass is 10.3. The number of fused-ring (bicyclic) bond motifs is 1. The first kappa shape index (κ1) is 12.4. The number of hydrogen-bond acceptors (Lipinski definition) is 2. The van der Waals surface area contributed by atoms with Crippen molar-refractivity contribution < 1.29 is 4.74 Å². The molecule has 1 aromatic heterocycles. The number of ether oxygens (including phenoxy) is 1. The van der Waals surface area contributed by atoms with Gasteiger partial charge in [0.15, 0.2) is 0 Å². The van der Waals surface area contributed by atoms with Crippen molar-refractivity contribution in [3.63, 3.8) is 0 Å². The van der Waals surface area contributed by atoms with Gasteiger partial charge in [-0.2, -0.15) is 0 Å². The predicted molar refractivity (Wildman–Crippen MR) is 70.5 cm³/mol. The van der Waals surface area contributed by atoms with E-state index in [4.69, 9.17) is 16.3 Å². The molecule has 3 nitrogen and oxygen atoms in total. The molecule has 0 aliphatic rings. The Kier molecular flexibility index (Phi) is 4.02. The first-order valence-corrected chi connectivity index (χ1v) is 6.34. The number of alkyl halides is 1. The maximum atomic E-state index is 6.17. The van der Waals surface area contributed by atoms with Crippen LogP contribution in [-0.2, 0) is 11.3 Å². The second kappa shape index (κ2) is 5.52. The highest BCUT2D eigenvalue weighted by atomic mass is 35.5. The Morgan fingerprint density at radius 2 is 2.18 bits per heavy atom. The average Bonchev–Trinajstić information content (AvgIpc) is 2.69. The van der Waals surface area contributed by atoms with E-state index in [1.165, 1.54) is 0 Å². The Balaban J connectivity index is 2.37. The van der Waals surface area contributed by atoms with E-state index in [9.17, 15) is 0 Å². The summed E-state index contributed by atoms with van der Waals surface area (Å²) < 4.78 is 7.54. The summed E-state index contributed by atoms with van der Waals surface area (Å²) in [5, 5.41) is -0.0935. The van der Waals surface area contributed by atoms with Crippen LogP contribution in [0.5, 0.6) is 0 Å². The van der Waals surface area contributed by atoms with Crippen molar-refractivity contribution in [2.24, 2.45) is 0 Å². The topological polar surface area (TPSA) is 27.1 Å². The summed E-state index contributed by atoms with van der Waals surface area (Å²) in [5.41, 5.74) is 2.11. The lowest BCUT2D eigenvalue weighted by Crippen LogP contribution is -2.09. The van der Waals surface area contributed by atoms with Gasteiger partial charge in [0.1, 0.15) is 5.82 Å². The van der Waals surface area contributed by atoms with Crippen LogP contribution in [0, 0.1) is 0 Å². The molecular formula is C13H17ClN2O. The summed E-state index contributed by atoms with van der Waals surface area (Å²) in [5.74, 6) is 0.910. The van der Waals surface area contributed by atoms with Crippen molar-refractivity contribution in [2.75, 3.05) is 13.2 Å². The Labute approximate surface area is 106 Å². The molecule has 0 amide bonds. The van der Waals surface area contributed by atoms with Gasteiger partial charge < -0.3 is 9.30 Å². The van der Waals surface area contributed by atoms with E-state index in [1.54, 1.807) is 0 Å². The number of hydrogen-bond donors (Lipinski definition) is 0. The van der Waals surface area contributed by atoms with Crippen LogP contribution in [0.4, 0.5) is 0 Å². The van der Waals surface area contributed by atoms with E-state index < -0.39 is 0 Å². The van der Waals surface area contributed by atoms with Crippen molar-refractivity contribution in [1.82, 2.24) is 9.55 Å². The van der Waals surface area contributed by atoms with Crippen molar-refractivity contribution in [3.05, 3.63) is 30.1 Å². The second-order valence-corrected chi connectivity index (χ2v) is 4.58. The zero-order valence-electron chi connectivity index (χ0n) is 10.2. The zero-order chi connectivity index (χ0) is 12.3. The van der Waals surface area contributed by atoms with Crippen molar-refractivity contribution in [2.45, 2.75) is 25.8 Å². The summed E-state index contributed by atoms with van der Waals surface area (Å²) in [7, 11) is 0. The predicted octanol–water partition coefficient (Wildman–Crippen LogP) is 3.37. The van der Waals surface area contributed by atoms with Gasteiger partial charge in [-0.15, -0.1) is 11.6 Å². The second-order valence-electron chi connectivity index (χ2n) is 3.92. The van der Waals surface area contributed by atoms with Gasteiger partial charge in [0.2, 0.25) is 0 Å². The van der Waals surface area contributed by atoms with Gasteiger partial charge in [-0.05, 0) is 26.0 Å². The minimum absolute atomic E-state index is 0.0935. The molecule has 17 heavy (non-hydrogen) atoms. The van der Waals surface area contributed by atoms with Crippen molar-refractivity contribution in [3.8, 4) is 0 Å². The normalized spacial score (nSPS) is 13.1. The van der Waals surface area contributed by atoms with Crippen molar-refractivity contribution >= 4 is 22.6 Å². The molecule has 2 aromatic rings. The molecule has 0 N–H and O–H groups in total. The lowest BCUT2D eigenvalue weighted by molar-refractivity contribution is 0.139. The fraction of sp³-hybridized carbons (Fsp3) is 0.462. The van der Waals surface area contributed by atoms with Crippen LogP contribution in [-0.4, -0.2) is 22.8 Å². The van der Waals surface area contributed by atoms with E-state index in [1.807, 2.05) is 32.0 Å². The zero-order valence-corrected chi connectivity index (χ0v) is 10.9. The number of nitrogens with zero attached hydrogens (tertiary/aromatic N) is 2. The number of imidazole rings is 1. The molecule has 0 fully saturated rings. The number of aromatic nitrogens is 2. The first-order chi connectivity index (χ1) is 8.24. The summed E-state index contributed by atoms with van der Waals surface area (Å²) in [6.45, 7) is 6.16. The van der Waals surface area contributed by atoms with E-state index in [2.05, 4.69) is 15.6 Å². The minimum Gasteiger partial charge on any atom is -0.380 e. The number of benzene rings is 1. The molecule has 4 heteroatoms. The molecule has 92 valence electrons. The molecule has 1 heterocycles. The first-order valence-electron chi connectivity index (χ1n) is 5.91. The molecule has 1 aromatic carbocycles. The van der Waals surface area contributed by atoms with E-state index in [0.717, 1.165) is 30.0 Å². The van der Waals surface area contributed by atoms with E-state index in [-0.39, 0.29) is 5.38 Å². The van der Waals surface area contributed by atoms with Gasteiger partial charge in [0, 0.05) is 13.2 Å². The fourth-order valence-corrected chi connectivity index (χ4v) is 2.10. The quantitative estimate of drug-likeness (QED) is 0.603. The summed E-state index contributed by atoms with van der Waals surface area (Å²) in [6, 6.07) is 8.08. The summed E-state index contributed by atoms with van der Waals surface area (Å²) >= 11 is 6.17. The van der Waals surface area contributed by atoms with E-state index in [0.29, 0.717) is 6.61 Å². The number of halogens is 1. The third-order valence-corrected chi connectivity index (χ3v) is 2.90. The number of para-hydroxylation sites is 2. The van der Waals surface area contributed by atoms with Gasteiger partial charge in [-0.3, -0.25) is 0 Å². The molecule has 0 aliphatic carbocycles. The van der Waals surface area contributed by atoms with Crippen LogP contribution >= 0.6 is 11.6 Å². The third-order valence-electron chi connectivity index (χ3n) is 2.70. The molecule has 0 radical (unpaired) electrons. The Morgan fingerprint density at radius 1 is 1.41 bits per heavy atom. The monoisotopic (exact) mass is 252 g/mol. The van der Waals surface area contributed by atoms with Crippen LogP contribution in [0.25, 0.3) is 11.0 Å². The lowest BCUT2D eigenvalue weighted by Gasteiger charge is -2.10. The Hall–Kier alpha value is -1.06. The van der Waals surface area contributed by atoms with Crippen molar-refractivity contribution in [1.29, 1.82) is 0 Å². The largest absolute Gasteiger partial charge is 0.380 e. The highest BCUT2D eigenvalue weighted by Crippen LogP contribution is 2.24.